The van der Waals surface area contributed by atoms with Crippen LogP contribution in [0.4, 0.5) is 4.39 Å². The zero-order valence-corrected chi connectivity index (χ0v) is 14.1. The summed E-state index contributed by atoms with van der Waals surface area (Å²) >= 11 is 0. The van der Waals surface area contributed by atoms with Gasteiger partial charge < -0.3 is 14.5 Å². The molecular weight excluding hydrogens is 329 g/mol. The Hall–Kier alpha value is -2.96. The van der Waals surface area contributed by atoms with Gasteiger partial charge in [-0.2, -0.15) is 0 Å². The van der Waals surface area contributed by atoms with Gasteiger partial charge in [0.05, 0.1) is 5.69 Å². The molecule has 0 aliphatic heterocycles. The molecule has 7 heteroatoms. The van der Waals surface area contributed by atoms with Crippen LogP contribution in [-0.4, -0.2) is 35.7 Å². The summed E-state index contributed by atoms with van der Waals surface area (Å²) in [6.45, 7) is 3.73. The Labute approximate surface area is 143 Å². The molecule has 0 radical (unpaired) electrons. The van der Waals surface area contributed by atoms with Crippen molar-refractivity contribution in [3.63, 3.8) is 0 Å². The average Bonchev–Trinajstić information content (AvgIpc) is 2.86. The number of aromatic nitrogens is 1. The smallest absolute Gasteiger partial charge is 0.344 e. The maximum atomic E-state index is 13.4. The van der Waals surface area contributed by atoms with Crippen molar-refractivity contribution in [2.24, 2.45) is 0 Å². The predicted octanol–water partition coefficient (Wildman–Crippen LogP) is 2.78. The van der Waals surface area contributed by atoms with E-state index in [-0.39, 0.29) is 17.2 Å². The van der Waals surface area contributed by atoms with Crippen LogP contribution in [0.15, 0.2) is 24.3 Å². The topological polar surface area (TPSA) is 85.5 Å². The number of halogens is 1. The van der Waals surface area contributed by atoms with E-state index < -0.39 is 30.8 Å². The van der Waals surface area contributed by atoms with Crippen molar-refractivity contribution in [2.75, 3.05) is 13.2 Å². The molecule has 2 aromatic rings. The first-order valence-electron chi connectivity index (χ1n) is 7.57. The van der Waals surface area contributed by atoms with E-state index in [1.165, 1.54) is 25.1 Å². The third kappa shape index (κ3) is 4.32. The third-order valence-electron chi connectivity index (χ3n) is 3.61. The molecule has 132 valence electrons. The molecule has 0 bridgehead atoms. The minimum atomic E-state index is -0.802. The number of carbonyl (C=O) groups is 3. The van der Waals surface area contributed by atoms with Gasteiger partial charge in [-0.3, -0.25) is 9.59 Å². The molecule has 2 rings (SSSR count). The number of aryl methyl sites for hydroxylation is 1. The molecule has 6 nitrogen and oxygen atoms in total. The highest BCUT2D eigenvalue weighted by Crippen LogP contribution is 2.19. The second-order valence-electron chi connectivity index (χ2n) is 5.48. The van der Waals surface area contributed by atoms with Crippen LogP contribution in [0.2, 0.25) is 0 Å². The van der Waals surface area contributed by atoms with Crippen LogP contribution in [0.3, 0.4) is 0 Å². The van der Waals surface area contributed by atoms with Crippen LogP contribution < -0.4 is 4.74 Å². The van der Waals surface area contributed by atoms with Crippen molar-refractivity contribution in [2.45, 2.75) is 20.8 Å². The number of ether oxygens (including phenoxy) is 2. The number of ketones is 2. The van der Waals surface area contributed by atoms with Gasteiger partial charge in [0, 0.05) is 11.3 Å². The minimum absolute atomic E-state index is 0.0762. The maximum Gasteiger partial charge on any atom is 0.344 e. The summed E-state index contributed by atoms with van der Waals surface area (Å²) in [5.41, 5.74) is 1.79. The monoisotopic (exact) mass is 347 g/mol. The minimum Gasteiger partial charge on any atom is -0.479 e. The van der Waals surface area contributed by atoms with Crippen LogP contribution in [0.25, 0.3) is 0 Å². The molecule has 1 heterocycles. The van der Waals surface area contributed by atoms with Crippen molar-refractivity contribution < 1.29 is 28.2 Å². The summed E-state index contributed by atoms with van der Waals surface area (Å²) in [7, 11) is 0. The zero-order chi connectivity index (χ0) is 18.6. The van der Waals surface area contributed by atoms with E-state index in [1.54, 1.807) is 19.9 Å². The van der Waals surface area contributed by atoms with Crippen LogP contribution in [0, 0.1) is 19.7 Å². The normalized spacial score (nSPS) is 10.4. The van der Waals surface area contributed by atoms with Crippen molar-refractivity contribution in [1.29, 1.82) is 0 Å². The molecule has 0 aliphatic rings. The largest absolute Gasteiger partial charge is 0.479 e. The highest BCUT2D eigenvalue weighted by molar-refractivity contribution is 6.04. The fraction of sp³-hybridized carbons (Fsp3) is 0.278. The standard InChI is InChI=1S/C18H18FNO5/c1-10-17(12(3)21)11(2)20-18(10)14(22)8-25-16(23)9-24-15-7-5-4-6-13(15)19/h4-7,20H,8-9H2,1-3H3. The zero-order valence-electron chi connectivity index (χ0n) is 14.1. The van der Waals surface area contributed by atoms with E-state index in [0.717, 1.165) is 0 Å². The number of para-hydroxylation sites is 1. The lowest BCUT2D eigenvalue weighted by molar-refractivity contribution is -0.144. The first-order chi connectivity index (χ1) is 11.8. The second kappa shape index (κ2) is 7.74. The molecule has 1 N–H and O–H groups in total. The van der Waals surface area contributed by atoms with Crippen LogP contribution in [0.5, 0.6) is 5.75 Å². The molecule has 25 heavy (non-hydrogen) atoms. The van der Waals surface area contributed by atoms with Gasteiger partial charge in [0.25, 0.3) is 0 Å². The SMILES string of the molecule is CC(=O)c1c(C)[nH]c(C(=O)COC(=O)COc2ccccc2F)c1C. The Morgan fingerprint density at radius 1 is 1.12 bits per heavy atom. The number of hydrogen-bond acceptors (Lipinski definition) is 5. The predicted molar refractivity (Wildman–Crippen MR) is 87.5 cm³/mol. The second-order valence-corrected chi connectivity index (χ2v) is 5.48. The molecule has 1 aromatic carbocycles. The third-order valence-corrected chi connectivity index (χ3v) is 3.61. The molecule has 0 fully saturated rings. The summed E-state index contributed by atoms with van der Waals surface area (Å²) in [6.07, 6.45) is 0. The molecule has 0 unspecified atom stereocenters. The van der Waals surface area contributed by atoms with Crippen molar-refractivity contribution in [3.8, 4) is 5.75 Å². The van der Waals surface area contributed by atoms with Gasteiger partial charge in [-0.1, -0.05) is 12.1 Å². The fourth-order valence-electron chi connectivity index (χ4n) is 2.52. The molecule has 0 spiro atoms. The van der Waals surface area contributed by atoms with E-state index in [9.17, 15) is 18.8 Å². The number of carbonyl (C=O) groups excluding carboxylic acids is 3. The maximum absolute atomic E-state index is 13.4. The molecule has 1 aromatic heterocycles. The summed E-state index contributed by atoms with van der Waals surface area (Å²) < 4.78 is 23.2. The summed E-state index contributed by atoms with van der Waals surface area (Å²) in [4.78, 5) is 38.2. The van der Waals surface area contributed by atoms with E-state index in [4.69, 9.17) is 9.47 Å². The molecule has 0 aliphatic carbocycles. The van der Waals surface area contributed by atoms with E-state index in [1.807, 2.05) is 0 Å². The Kier molecular flexibility index (Phi) is 5.69. The van der Waals surface area contributed by atoms with Crippen LogP contribution in [-0.2, 0) is 9.53 Å². The highest BCUT2D eigenvalue weighted by atomic mass is 19.1. The molecular formula is C18H18FNO5. The Balaban J connectivity index is 1.92. The Morgan fingerprint density at radius 2 is 1.80 bits per heavy atom. The lowest BCUT2D eigenvalue weighted by atomic mass is 10.1. The van der Waals surface area contributed by atoms with Gasteiger partial charge >= 0.3 is 5.97 Å². The van der Waals surface area contributed by atoms with Gasteiger partial charge in [0.1, 0.15) is 0 Å². The Morgan fingerprint density at radius 3 is 2.40 bits per heavy atom. The van der Waals surface area contributed by atoms with Gasteiger partial charge in [-0.25, -0.2) is 9.18 Å². The summed E-state index contributed by atoms with van der Waals surface area (Å²) in [5, 5.41) is 0. The van der Waals surface area contributed by atoms with E-state index in [0.29, 0.717) is 16.8 Å². The molecule has 0 saturated carbocycles. The number of nitrogens with one attached hydrogen (secondary N) is 1. The van der Waals surface area contributed by atoms with Crippen molar-refractivity contribution in [1.82, 2.24) is 4.98 Å². The van der Waals surface area contributed by atoms with Gasteiger partial charge in [-0.15, -0.1) is 0 Å². The number of H-pyrrole nitrogens is 1. The van der Waals surface area contributed by atoms with Crippen molar-refractivity contribution >= 4 is 17.5 Å². The number of rotatable bonds is 7. The van der Waals surface area contributed by atoms with E-state index in [2.05, 4.69) is 4.98 Å². The number of Topliss-reactive ketones (excluding diaryl/α,β-unsaturated/α-hetero) is 2. The lowest BCUT2D eigenvalue weighted by Crippen LogP contribution is -2.20. The Bertz CT molecular complexity index is 825. The number of benzene rings is 1. The number of esters is 1. The highest BCUT2D eigenvalue weighted by Gasteiger charge is 2.20. The van der Waals surface area contributed by atoms with Crippen LogP contribution >= 0.6 is 0 Å². The number of aromatic amines is 1. The van der Waals surface area contributed by atoms with Gasteiger partial charge in [-0.05, 0) is 38.5 Å². The van der Waals surface area contributed by atoms with Gasteiger partial charge in [0.15, 0.2) is 30.6 Å². The average molecular weight is 347 g/mol. The van der Waals surface area contributed by atoms with Gasteiger partial charge in [0.2, 0.25) is 5.78 Å². The molecule has 0 amide bonds. The molecule has 0 saturated heterocycles. The quantitative estimate of drug-likeness (QED) is 0.615. The summed E-state index contributed by atoms with van der Waals surface area (Å²) in [6, 6.07) is 5.64. The van der Waals surface area contributed by atoms with E-state index >= 15 is 0 Å². The first-order valence-corrected chi connectivity index (χ1v) is 7.57. The van der Waals surface area contributed by atoms with Crippen LogP contribution in [0.1, 0.15) is 39.0 Å². The number of hydrogen-bond donors (Lipinski definition) is 1. The summed E-state index contributed by atoms with van der Waals surface area (Å²) in [5.74, 6) is -2.09. The van der Waals surface area contributed by atoms with Crippen molar-refractivity contribution in [3.05, 3.63) is 52.6 Å². The first kappa shape index (κ1) is 18.4. The fourth-order valence-corrected chi connectivity index (χ4v) is 2.52. The lowest BCUT2D eigenvalue weighted by Gasteiger charge is -2.07. The molecule has 0 atom stereocenters.